The van der Waals surface area contributed by atoms with Crippen LogP contribution in [0.2, 0.25) is 0 Å². The lowest BCUT2D eigenvalue weighted by Gasteiger charge is -2.34. The molecule has 0 spiro atoms. The number of methoxy groups -OCH3 is 1. The highest BCUT2D eigenvalue weighted by Crippen LogP contribution is 2.42. The number of carbonyl (C=O) groups excluding carboxylic acids is 1. The fraction of sp³-hybridized carbons (Fsp3) is 0.917. The van der Waals surface area contributed by atoms with E-state index in [4.69, 9.17) is 9.47 Å². The van der Waals surface area contributed by atoms with Gasteiger partial charge in [0, 0.05) is 25.6 Å². The van der Waals surface area contributed by atoms with Crippen molar-refractivity contribution in [2.45, 2.75) is 44.2 Å². The standard InChI is InChI=1S/C12H21NO3/c1-10(14)16-8-11-4-6-12(9-15-2)5-3-7-13(11)12/h11H,3-9H2,1-2H3/t11-,12?/m1/s1. The molecule has 2 fully saturated rings. The van der Waals surface area contributed by atoms with Crippen molar-refractivity contribution in [1.29, 1.82) is 0 Å². The molecular weight excluding hydrogens is 206 g/mol. The second-order valence-electron chi connectivity index (χ2n) is 4.95. The number of ether oxygens (including phenoxy) is 2. The van der Waals surface area contributed by atoms with E-state index >= 15 is 0 Å². The summed E-state index contributed by atoms with van der Waals surface area (Å²) in [6, 6.07) is 0.404. The van der Waals surface area contributed by atoms with Gasteiger partial charge in [0.1, 0.15) is 6.61 Å². The van der Waals surface area contributed by atoms with Gasteiger partial charge in [0.2, 0.25) is 0 Å². The summed E-state index contributed by atoms with van der Waals surface area (Å²) in [7, 11) is 1.77. The zero-order valence-electron chi connectivity index (χ0n) is 10.2. The van der Waals surface area contributed by atoms with Crippen molar-refractivity contribution in [2.75, 3.05) is 26.9 Å². The summed E-state index contributed by atoms with van der Waals surface area (Å²) in [4.78, 5) is 13.3. The predicted octanol–water partition coefficient (Wildman–Crippen LogP) is 1.19. The van der Waals surface area contributed by atoms with E-state index in [1.165, 1.54) is 26.2 Å². The van der Waals surface area contributed by atoms with Crippen LogP contribution in [0.25, 0.3) is 0 Å². The molecule has 0 aliphatic carbocycles. The van der Waals surface area contributed by atoms with Gasteiger partial charge in [-0.05, 0) is 32.2 Å². The maximum atomic E-state index is 10.8. The van der Waals surface area contributed by atoms with E-state index in [0.717, 1.165) is 19.6 Å². The van der Waals surface area contributed by atoms with Crippen molar-refractivity contribution in [1.82, 2.24) is 4.90 Å². The van der Waals surface area contributed by atoms with Crippen LogP contribution in [-0.4, -0.2) is 49.3 Å². The first-order valence-electron chi connectivity index (χ1n) is 6.07. The Kier molecular flexibility index (Phi) is 3.50. The summed E-state index contributed by atoms with van der Waals surface area (Å²) >= 11 is 0. The molecule has 2 atom stereocenters. The third-order valence-electron chi connectivity index (χ3n) is 3.93. The Morgan fingerprint density at radius 1 is 1.50 bits per heavy atom. The third kappa shape index (κ3) is 2.09. The van der Waals surface area contributed by atoms with E-state index in [1.54, 1.807) is 7.11 Å². The molecule has 92 valence electrons. The SMILES string of the molecule is COCC12CCCN1[C@@H](COC(C)=O)CC2. The van der Waals surface area contributed by atoms with Gasteiger partial charge in [-0.15, -0.1) is 0 Å². The van der Waals surface area contributed by atoms with Gasteiger partial charge in [-0.1, -0.05) is 0 Å². The average molecular weight is 227 g/mol. The molecule has 2 rings (SSSR count). The minimum atomic E-state index is -0.177. The Hall–Kier alpha value is -0.610. The number of nitrogens with zero attached hydrogens (tertiary/aromatic N) is 1. The first kappa shape index (κ1) is 11.9. The summed E-state index contributed by atoms with van der Waals surface area (Å²) in [6.45, 7) is 3.95. The Bertz CT molecular complexity index is 269. The highest BCUT2D eigenvalue weighted by atomic mass is 16.5. The van der Waals surface area contributed by atoms with Crippen LogP contribution in [0.15, 0.2) is 0 Å². The molecule has 0 bridgehead atoms. The lowest BCUT2D eigenvalue weighted by Crippen LogP contribution is -2.46. The number of fused-ring (bicyclic) bond motifs is 1. The highest BCUT2D eigenvalue weighted by Gasteiger charge is 2.49. The quantitative estimate of drug-likeness (QED) is 0.676. The summed E-state index contributed by atoms with van der Waals surface area (Å²) in [5.41, 5.74) is 0.236. The van der Waals surface area contributed by atoms with E-state index in [0.29, 0.717) is 12.6 Å². The first-order valence-corrected chi connectivity index (χ1v) is 6.07. The van der Waals surface area contributed by atoms with Gasteiger partial charge in [0.15, 0.2) is 0 Å². The smallest absolute Gasteiger partial charge is 0.302 e. The molecule has 16 heavy (non-hydrogen) atoms. The molecule has 2 saturated heterocycles. The van der Waals surface area contributed by atoms with Crippen molar-refractivity contribution in [3.8, 4) is 0 Å². The fourth-order valence-electron chi connectivity index (χ4n) is 3.27. The molecule has 4 nitrogen and oxygen atoms in total. The van der Waals surface area contributed by atoms with Crippen LogP contribution in [0, 0.1) is 0 Å². The van der Waals surface area contributed by atoms with Crippen LogP contribution in [0.5, 0.6) is 0 Å². The minimum absolute atomic E-state index is 0.177. The second kappa shape index (κ2) is 4.72. The molecule has 0 aromatic carbocycles. The molecule has 0 aromatic rings. The summed E-state index contributed by atoms with van der Waals surface area (Å²) < 4.78 is 10.5. The van der Waals surface area contributed by atoms with Gasteiger partial charge in [-0.3, -0.25) is 9.69 Å². The Morgan fingerprint density at radius 2 is 2.31 bits per heavy atom. The summed E-state index contributed by atoms with van der Waals surface area (Å²) in [6.07, 6.45) is 4.75. The van der Waals surface area contributed by atoms with Crippen LogP contribution >= 0.6 is 0 Å². The van der Waals surface area contributed by atoms with E-state index in [1.807, 2.05) is 0 Å². The Balaban J connectivity index is 1.96. The third-order valence-corrected chi connectivity index (χ3v) is 3.93. The van der Waals surface area contributed by atoms with Gasteiger partial charge in [-0.25, -0.2) is 0 Å². The molecule has 2 aliphatic rings. The molecule has 0 radical (unpaired) electrons. The van der Waals surface area contributed by atoms with Crippen molar-refractivity contribution >= 4 is 5.97 Å². The average Bonchev–Trinajstić information content (AvgIpc) is 2.74. The van der Waals surface area contributed by atoms with Crippen LogP contribution < -0.4 is 0 Å². The van der Waals surface area contributed by atoms with Gasteiger partial charge in [0.05, 0.1) is 6.61 Å². The van der Waals surface area contributed by atoms with Gasteiger partial charge >= 0.3 is 5.97 Å². The van der Waals surface area contributed by atoms with Crippen molar-refractivity contribution in [3.05, 3.63) is 0 Å². The van der Waals surface area contributed by atoms with Crippen molar-refractivity contribution in [2.24, 2.45) is 0 Å². The topological polar surface area (TPSA) is 38.8 Å². The van der Waals surface area contributed by atoms with Gasteiger partial charge < -0.3 is 9.47 Å². The minimum Gasteiger partial charge on any atom is -0.464 e. The van der Waals surface area contributed by atoms with E-state index in [9.17, 15) is 4.79 Å². The maximum Gasteiger partial charge on any atom is 0.302 e. The molecule has 0 aromatic heterocycles. The molecule has 2 aliphatic heterocycles. The lowest BCUT2D eigenvalue weighted by atomic mass is 9.95. The Labute approximate surface area is 96.9 Å². The van der Waals surface area contributed by atoms with Gasteiger partial charge in [-0.2, -0.15) is 0 Å². The molecule has 0 amide bonds. The molecule has 0 N–H and O–H groups in total. The molecule has 0 saturated carbocycles. The number of carbonyl (C=O) groups is 1. The summed E-state index contributed by atoms with van der Waals surface area (Å²) in [5, 5.41) is 0. The van der Waals surface area contributed by atoms with Gasteiger partial charge in [0.25, 0.3) is 0 Å². The lowest BCUT2D eigenvalue weighted by molar-refractivity contribution is -0.142. The molecule has 4 heteroatoms. The maximum absolute atomic E-state index is 10.8. The Morgan fingerprint density at radius 3 is 3.00 bits per heavy atom. The fourth-order valence-corrected chi connectivity index (χ4v) is 3.27. The molecule has 2 heterocycles. The number of hydrogen-bond acceptors (Lipinski definition) is 4. The predicted molar refractivity (Wildman–Crippen MR) is 60.2 cm³/mol. The normalized spacial score (nSPS) is 34.0. The highest BCUT2D eigenvalue weighted by molar-refractivity contribution is 5.65. The van der Waals surface area contributed by atoms with Crippen LogP contribution in [0.3, 0.4) is 0 Å². The number of esters is 1. The zero-order chi connectivity index (χ0) is 11.6. The molecule has 1 unspecified atom stereocenters. The summed E-state index contributed by atoms with van der Waals surface area (Å²) in [5.74, 6) is -0.177. The van der Waals surface area contributed by atoms with E-state index in [-0.39, 0.29) is 11.5 Å². The molecular formula is C12H21NO3. The van der Waals surface area contributed by atoms with E-state index in [2.05, 4.69) is 4.90 Å². The van der Waals surface area contributed by atoms with Crippen LogP contribution in [0.4, 0.5) is 0 Å². The van der Waals surface area contributed by atoms with Crippen LogP contribution in [-0.2, 0) is 14.3 Å². The van der Waals surface area contributed by atoms with Crippen LogP contribution in [0.1, 0.15) is 32.6 Å². The monoisotopic (exact) mass is 227 g/mol. The van der Waals surface area contributed by atoms with E-state index < -0.39 is 0 Å². The first-order chi connectivity index (χ1) is 7.68. The van der Waals surface area contributed by atoms with Crippen molar-refractivity contribution < 1.29 is 14.3 Å². The number of rotatable bonds is 4. The zero-order valence-corrected chi connectivity index (χ0v) is 10.2. The largest absolute Gasteiger partial charge is 0.464 e. The second-order valence-corrected chi connectivity index (χ2v) is 4.95. The van der Waals surface area contributed by atoms with Crippen molar-refractivity contribution in [3.63, 3.8) is 0 Å². The number of hydrogen-bond donors (Lipinski definition) is 0.